The average Bonchev–Trinajstić information content (AvgIpc) is 3.38. The van der Waals surface area contributed by atoms with Crippen molar-refractivity contribution < 1.29 is 28.2 Å². The van der Waals surface area contributed by atoms with E-state index in [4.69, 9.17) is 9.84 Å². The summed E-state index contributed by atoms with van der Waals surface area (Å²) in [6.45, 7) is -0.236. The number of carboxylic acids is 1. The van der Waals surface area contributed by atoms with E-state index in [1.165, 1.54) is 18.2 Å². The lowest BCUT2D eigenvalue weighted by atomic mass is 10.1. The molecule has 136 valence electrons. The molecule has 5 nitrogen and oxygen atoms in total. The van der Waals surface area contributed by atoms with E-state index in [-0.39, 0.29) is 18.0 Å². The summed E-state index contributed by atoms with van der Waals surface area (Å²) < 4.78 is 32.6. The molecule has 0 saturated heterocycles. The Balaban J connectivity index is 1.55. The van der Waals surface area contributed by atoms with Gasteiger partial charge in [-0.2, -0.15) is 0 Å². The van der Waals surface area contributed by atoms with Gasteiger partial charge in [-0.15, -0.1) is 0 Å². The third-order valence-electron chi connectivity index (χ3n) is 4.23. The van der Waals surface area contributed by atoms with Gasteiger partial charge in [-0.05, 0) is 36.2 Å². The number of halogens is 2. The first-order valence-electron chi connectivity index (χ1n) is 8.11. The van der Waals surface area contributed by atoms with Crippen LogP contribution in [0.5, 0.6) is 5.75 Å². The van der Waals surface area contributed by atoms with Crippen molar-refractivity contribution in [3.8, 4) is 5.75 Å². The maximum absolute atomic E-state index is 13.8. The fraction of sp³-hybridized carbons (Fsp3) is 0.263. The normalized spacial score (nSPS) is 18.2. The Labute approximate surface area is 148 Å². The number of benzene rings is 2. The topological polar surface area (TPSA) is 75.6 Å². The van der Waals surface area contributed by atoms with E-state index in [2.05, 4.69) is 5.32 Å². The minimum atomic E-state index is -1.08. The Bertz CT molecular complexity index is 820. The highest BCUT2D eigenvalue weighted by molar-refractivity contribution is 5.82. The van der Waals surface area contributed by atoms with Crippen LogP contribution < -0.4 is 10.1 Å². The van der Waals surface area contributed by atoms with E-state index < -0.39 is 36.0 Å². The molecule has 0 bridgehead atoms. The van der Waals surface area contributed by atoms with E-state index in [1.54, 1.807) is 24.3 Å². The fourth-order valence-corrected chi connectivity index (χ4v) is 2.88. The second kappa shape index (κ2) is 7.51. The predicted octanol–water partition coefficient (Wildman–Crippen LogP) is 2.85. The molecule has 2 N–H and O–H groups in total. The number of hydrogen-bond donors (Lipinski definition) is 2. The fourth-order valence-electron chi connectivity index (χ4n) is 2.88. The van der Waals surface area contributed by atoms with Gasteiger partial charge in [-0.25, -0.2) is 13.6 Å². The van der Waals surface area contributed by atoms with Crippen molar-refractivity contribution in [3.05, 3.63) is 65.2 Å². The summed E-state index contributed by atoms with van der Waals surface area (Å²) in [6.07, 6.45) is 0.408. The number of carbonyl (C=O) groups is 2. The first-order chi connectivity index (χ1) is 12.5. The second-order valence-corrected chi connectivity index (χ2v) is 6.13. The number of hydrogen-bond acceptors (Lipinski definition) is 3. The van der Waals surface area contributed by atoms with Crippen molar-refractivity contribution in [2.75, 3.05) is 6.61 Å². The molecular weight excluding hydrogens is 344 g/mol. The zero-order valence-electron chi connectivity index (χ0n) is 13.7. The first kappa shape index (κ1) is 17.8. The lowest BCUT2D eigenvalue weighted by molar-refractivity contribution is -0.139. The molecular formula is C19H17F2NO4. The van der Waals surface area contributed by atoms with Crippen molar-refractivity contribution in [1.82, 2.24) is 5.32 Å². The SMILES string of the molecule is O=C(O)COc1cccc(CNC(=O)[C@@H]2C[C@@H]2c2c(F)cccc2F)c1. The van der Waals surface area contributed by atoms with E-state index in [0.717, 1.165) is 5.56 Å². The van der Waals surface area contributed by atoms with Crippen LogP contribution in [0.25, 0.3) is 0 Å². The molecule has 2 aromatic carbocycles. The standard InChI is InChI=1S/C19H17F2NO4/c20-15-5-2-6-16(21)18(15)13-8-14(13)19(25)22-9-11-3-1-4-12(7-11)26-10-17(23)24/h1-7,13-14H,8-10H2,(H,22,25)(H,23,24)/t13-,14+/m0/s1. The van der Waals surface area contributed by atoms with E-state index in [9.17, 15) is 18.4 Å². The molecule has 0 aromatic heterocycles. The van der Waals surface area contributed by atoms with Gasteiger partial charge in [-0.3, -0.25) is 4.79 Å². The molecule has 0 aliphatic heterocycles. The minimum absolute atomic E-state index is 0.0308. The number of ether oxygens (including phenoxy) is 1. The van der Waals surface area contributed by atoms with Gasteiger partial charge in [0.15, 0.2) is 6.61 Å². The smallest absolute Gasteiger partial charge is 0.341 e. The van der Waals surface area contributed by atoms with Gasteiger partial charge in [0.1, 0.15) is 17.4 Å². The molecule has 0 unspecified atom stereocenters. The summed E-state index contributed by atoms with van der Waals surface area (Å²) in [4.78, 5) is 22.7. The van der Waals surface area contributed by atoms with Crippen LogP contribution in [-0.2, 0) is 16.1 Å². The molecule has 1 aliphatic carbocycles. The quantitative estimate of drug-likeness (QED) is 0.795. The average molecular weight is 361 g/mol. The summed E-state index contributed by atoms with van der Waals surface area (Å²) in [5, 5.41) is 11.3. The summed E-state index contributed by atoms with van der Waals surface area (Å²) in [5.41, 5.74) is 0.701. The van der Waals surface area contributed by atoms with Crippen LogP contribution in [0.15, 0.2) is 42.5 Å². The molecule has 3 rings (SSSR count). The van der Waals surface area contributed by atoms with Crippen molar-refractivity contribution >= 4 is 11.9 Å². The predicted molar refractivity (Wildman–Crippen MR) is 88.6 cm³/mol. The number of rotatable bonds is 7. The molecule has 1 amide bonds. The minimum Gasteiger partial charge on any atom is -0.482 e. The molecule has 1 aliphatic rings. The third-order valence-corrected chi connectivity index (χ3v) is 4.23. The molecule has 0 heterocycles. The van der Waals surface area contributed by atoms with Crippen LogP contribution in [0.4, 0.5) is 8.78 Å². The number of aliphatic carboxylic acids is 1. The molecule has 26 heavy (non-hydrogen) atoms. The maximum atomic E-state index is 13.8. The lowest BCUT2D eigenvalue weighted by Gasteiger charge is -2.08. The van der Waals surface area contributed by atoms with Crippen molar-refractivity contribution in [1.29, 1.82) is 0 Å². The molecule has 2 aromatic rings. The number of carboxylic acid groups (broad SMARTS) is 1. The van der Waals surface area contributed by atoms with Crippen LogP contribution in [0.2, 0.25) is 0 Å². The molecule has 7 heteroatoms. The van der Waals surface area contributed by atoms with E-state index >= 15 is 0 Å². The first-order valence-corrected chi connectivity index (χ1v) is 8.11. The van der Waals surface area contributed by atoms with Crippen LogP contribution in [0.3, 0.4) is 0 Å². The number of amides is 1. The Morgan fingerprint density at radius 3 is 2.54 bits per heavy atom. The molecule has 0 spiro atoms. The second-order valence-electron chi connectivity index (χ2n) is 6.13. The van der Waals surface area contributed by atoms with Crippen LogP contribution in [0, 0.1) is 17.6 Å². The van der Waals surface area contributed by atoms with Gasteiger partial charge in [0.25, 0.3) is 0 Å². The molecule has 0 radical (unpaired) electrons. The van der Waals surface area contributed by atoms with Gasteiger partial charge in [0, 0.05) is 23.9 Å². The highest BCUT2D eigenvalue weighted by Crippen LogP contribution is 2.49. The van der Waals surface area contributed by atoms with E-state index in [1.807, 2.05) is 0 Å². The highest BCUT2D eigenvalue weighted by Gasteiger charge is 2.46. The molecule has 2 atom stereocenters. The van der Waals surface area contributed by atoms with Crippen LogP contribution in [0.1, 0.15) is 23.5 Å². The summed E-state index contributed by atoms with van der Waals surface area (Å²) in [6, 6.07) is 10.4. The van der Waals surface area contributed by atoms with Crippen molar-refractivity contribution in [2.45, 2.75) is 18.9 Å². The third kappa shape index (κ3) is 4.17. The van der Waals surface area contributed by atoms with Gasteiger partial charge in [0.05, 0.1) is 0 Å². The molecule has 1 fully saturated rings. The van der Waals surface area contributed by atoms with Gasteiger partial charge < -0.3 is 15.2 Å². The summed E-state index contributed by atoms with van der Waals surface area (Å²) in [5.74, 6) is -3.12. The van der Waals surface area contributed by atoms with E-state index in [0.29, 0.717) is 12.2 Å². The van der Waals surface area contributed by atoms with Gasteiger partial charge >= 0.3 is 5.97 Å². The maximum Gasteiger partial charge on any atom is 0.341 e. The number of nitrogens with one attached hydrogen (secondary N) is 1. The summed E-state index contributed by atoms with van der Waals surface area (Å²) >= 11 is 0. The van der Waals surface area contributed by atoms with Crippen molar-refractivity contribution in [2.24, 2.45) is 5.92 Å². The van der Waals surface area contributed by atoms with Gasteiger partial charge in [0.2, 0.25) is 5.91 Å². The zero-order chi connectivity index (χ0) is 18.7. The Kier molecular flexibility index (Phi) is 5.16. The largest absolute Gasteiger partial charge is 0.482 e. The summed E-state index contributed by atoms with van der Waals surface area (Å²) in [7, 11) is 0. The van der Waals surface area contributed by atoms with Crippen LogP contribution in [-0.4, -0.2) is 23.6 Å². The Morgan fingerprint density at radius 2 is 1.85 bits per heavy atom. The molecule has 1 saturated carbocycles. The Morgan fingerprint density at radius 1 is 1.15 bits per heavy atom. The van der Waals surface area contributed by atoms with Gasteiger partial charge in [-0.1, -0.05) is 18.2 Å². The lowest BCUT2D eigenvalue weighted by Crippen LogP contribution is -2.25. The highest BCUT2D eigenvalue weighted by atomic mass is 19.1. The van der Waals surface area contributed by atoms with Crippen molar-refractivity contribution in [3.63, 3.8) is 0 Å². The Hall–Kier alpha value is -2.96. The monoisotopic (exact) mass is 361 g/mol. The van der Waals surface area contributed by atoms with Crippen LogP contribution >= 0.6 is 0 Å². The number of carbonyl (C=O) groups excluding carboxylic acids is 1. The zero-order valence-corrected chi connectivity index (χ0v) is 13.7.